The van der Waals surface area contributed by atoms with Gasteiger partial charge in [-0.1, -0.05) is 15.9 Å². The molecule has 0 saturated carbocycles. The van der Waals surface area contributed by atoms with Crippen molar-refractivity contribution in [2.24, 2.45) is 5.73 Å². The summed E-state index contributed by atoms with van der Waals surface area (Å²) in [4.78, 5) is 9.82. The van der Waals surface area contributed by atoms with Crippen LogP contribution in [-0.2, 0) is 0 Å². The summed E-state index contributed by atoms with van der Waals surface area (Å²) in [5, 5.41) is 12.8. The molecule has 0 aromatic heterocycles. The van der Waals surface area contributed by atoms with Crippen LogP contribution in [0.2, 0.25) is 0 Å². The van der Waals surface area contributed by atoms with E-state index in [2.05, 4.69) is 21.2 Å². The summed E-state index contributed by atoms with van der Waals surface area (Å²) in [6.45, 7) is 0. The van der Waals surface area contributed by atoms with Crippen molar-refractivity contribution in [3.63, 3.8) is 0 Å². The van der Waals surface area contributed by atoms with Gasteiger partial charge in [-0.15, -0.1) is 0 Å². The minimum Gasteiger partial charge on any atom is -0.315 e. The highest BCUT2D eigenvalue weighted by atomic mass is 79.9. The monoisotopic (exact) mass is 209 g/mol. The summed E-state index contributed by atoms with van der Waals surface area (Å²) in [7, 11) is 0. The van der Waals surface area contributed by atoms with Gasteiger partial charge in [-0.3, -0.25) is 10.1 Å². The van der Waals surface area contributed by atoms with Gasteiger partial charge in [0.05, 0.1) is 11.0 Å². The molecule has 0 bridgehead atoms. The van der Waals surface area contributed by atoms with Gasteiger partial charge in [0.15, 0.2) is 0 Å². The van der Waals surface area contributed by atoms with Crippen LogP contribution in [0.1, 0.15) is 6.42 Å². The van der Waals surface area contributed by atoms with Gasteiger partial charge in [0, 0.05) is 11.3 Å². The zero-order chi connectivity index (χ0) is 7.72. The molecule has 1 aliphatic heterocycles. The lowest BCUT2D eigenvalue weighted by Gasteiger charge is -2.03. The van der Waals surface area contributed by atoms with Crippen molar-refractivity contribution >= 4 is 15.9 Å². The molecule has 0 radical (unpaired) electrons. The molecular weight excluding hydrogens is 202 g/mol. The zero-order valence-electron chi connectivity index (χ0n) is 5.16. The Morgan fingerprint density at radius 3 is 2.60 bits per heavy atom. The van der Waals surface area contributed by atoms with Crippen molar-refractivity contribution in [3.05, 3.63) is 10.1 Å². The highest BCUT2D eigenvalue weighted by Crippen LogP contribution is 2.17. The van der Waals surface area contributed by atoms with Crippen molar-refractivity contribution in [1.82, 2.24) is 5.32 Å². The third kappa shape index (κ3) is 1.44. The zero-order valence-corrected chi connectivity index (χ0v) is 6.74. The first-order valence-corrected chi connectivity index (χ1v) is 3.82. The molecule has 0 aromatic rings. The summed E-state index contributed by atoms with van der Waals surface area (Å²) in [6, 6.07) is 0. The van der Waals surface area contributed by atoms with Gasteiger partial charge in [0.1, 0.15) is 0 Å². The maximum Gasteiger partial charge on any atom is 0.268 e. The van der Waals surface area contributed by atoms with E-state index in [0.717, 1.165) is 0 Å². The minimum atomic E-state index is -0.681. The summed E-state index contributed by atoms with van der Waals surface area (Å²) >= 11 is 3.22. The quantitative estimate of drug-likeness (QED) is 0.351. The molecule has 1 rings (SSSR count). The number of nitro groups is 1. The molecule has 3 unspecified atom stereocenters. The third-order valence-corrected chi connectivity index (χ3v) is 2.42. The fourth-order valence-corrected chi connectivity index (χ4v) is 1.41. The van der Waals surface area contributed by atoms with Gasteiger partial charge in [-0.05, 0) is 0 Å². The molecule has 6 heteroatoms. The van der Waals surface area contributed by atoms with Crippen molar-refractivity contribution in [2.75, 3.05) is 0 Å². The molecule has 0 aliphatic carbocycles. The van der Waals surface area contributed by atoms with Crippen molar-refractivity contribution in [3.8, 4) is 0 Å². The van der Waals surface area contributed by atoms with Crippen LogP contribution in [-0.4, -0.2) is 22.1 Å². The second-order valence-corrected chi connectivity index (χ2v) is 3.42. The van der Waals surface area contributed by atoms with Gasteiger partial charge in [-0.25, -0.2) is 5.32 Å². The first-order valence-electron chi connectivity index (χ1n) is 2.90. The van der Waals surface area contributed by atoms with E-state index in [1.54, 1.807) is 0 Å². The fraction of sp³-hybridized carbons (Fsp3) is 1.00. The summed E-state index contributed by atoms with van der Waals surface area (Å²) in [5.41, 5.74) is 5.44. The van der Waals surface area contributed by atoms with Gasteiger partial charge < -0.3 is 5.73 Å². The number of halogens is 1. The summed E-state index contributed by atoms with van der Waals surface area (Å²) in [5.74, 6) is 0. The molecule has 10 heavy (non-hydrogen) atoms. The Hall–Kier alpha value is -0.200. The molecule has 3 atom stereocenters. The molecule has 1 heterocycles. The molecule has 1 fully saturated rings. The van der Waals surface area contributed by atoms with E-state index in [1.165, 1.54) is 0 Å². The lowest BCUT2D eigenvalue weighted by molar-refractivity contribution is -0.526. The Bertz CT molecular complexity index is 143. The van der Waals surface area contributed by atoms with Gasteiger partial charge in [0.2, 0.25) is 0 Å². The normalized spacial score (nSPS) is 40.0. The average Bonchev–Trinajstić information content (AvgIpc) is 2.13. The first-order chi connectivity index (χ1) is 4.61. The number of hydrogen-bond donors (Lipinski definition) is 2. The lowest BCUT2D eigenvalue weighted by atomic mass is 10.3. The number of nitrogens with one attached hydrogen (secondary N) is 1. The Balaban J connectivity index is 2.49. The number of nitrogens with zero attached hydrogens (tertiary/aromatic N) is 1. The van der Waals surface area contributed by atoms with Crippen LogP contribution in [0.5, 0.6) is 0 Å². The van der Waals surface area contributed by atoms with E-state index in [1.807, 2.05) is 0 Å². The largest absolute Gasteiger partial charge is 0.315 e. The average molecular weight is 210 g/mol. The van der Waals surface area contributed by atoms with E-state index >= 15 is 0 Å². The van der Waals surface area contributed by atoms with Crippen LogP contribution in [0.15, 0.2) is 0 Å². The van der Waals surface area contributed by atoms with E-state index in [9.17, 15) is 10.1 Å². The van der Waals surface area contributed by atoms with Gasteiger partial charge >= 0.3 is 0 Å². The van der Waals surface area contributed by atoms with E-state index < -0.39 is 6.17 Å². The number of hydrogen-bond acceptors (Lipinski definition) is 4. The van der Waals surface area contributed by atoms with Crippen molar-refractivity contribution in [1.29, 1.82) is 0 Å². The van der Waals surface area contributed by atoms with Crippen LogP contribution < -0.4 is 11.1 Å². The second-order valence-electron chi connectivity index (χ2n) is 2.25. The fourth-order valence-electron chi connectivity index (χ4n) is 0.901. The Labute approximate surface area is 66.2 Å². The van der Waals surface area contributed by atoms with E-state index in [-0.39, 0.29) is 15.9 Å². The first kappa shape index (κ1) is 7.90. The molecule has 0 aromatic carbocycles. The number of rotatable bonds is 1. The van der Waals surface area contributed by atoms with E-state index in [0.29, 0.717) is 6.42 Å². The lowest BCUT2D eigenvalue weighted by Crippen LogP contribution is -2.41. The van der Waals surface area contributed by atoms with Gasteiger partial charge in [-0.2, -0.15) is 0 Å². The highest BCUT2D eigenvalue weighted by molar-refractivity contribution is 9.09. The molecule has 1 saturated heterocycles. The molecule has 0 spiro atoms. The predicted molar refractivity (Wildman–Crippen MR) is 39.2 cm³/mol. The number of alkyl halides is 1. The van der Waals surface area contributed by atoms with Crippen LogP contribution in [0.25, 0.3) is 0 Å². The molecule has 58 valence electrons. The maximum absolute atomic E-state index is 10.2. The second kappa shape index (κ2) is 2.81. The van der Waals surface area contributed by atoms with Gasteiger partial charge in [0.25, 0.3) is 6.17 Å². The Kier molecular flexibility index (Phi) is 2.22. The summed E-state index contributed by atoms with van der Waals surface area (Å²) in [6.07, 6.45) is -0.525. The topological polar surface area (TPSA) is 81.2 Å². The summed E-state index contributed by atoms with van der Waals surface area (Å²) < 4.78 is 0. The minimum absolute atomic E-state index is 0.0166. The highest BCUT2D eigenvalue weighted by Gasteiger charge is 2.36. The molecule has 3 N–H and O–H groups in total. The maximum atomic E-state index is 10.2. The molecule has 1 aliphatic rings. The standard InChI is InChI=1S/C4H8BrN3O2/c5-2-1-3(8(9)10)7-4(2)6/h2-4,7H,1,6H2. The van der Waals surface area contributed by atoms with Crippen LogP contribution in [0.4, 0.5) is 0 Å². The Morgan fingerprint density at radius 1 is 1.80 bits per heavy atom. The Morgan fingerprint density at radius 2 is 2.40 bits per heavy atom. The predicted octanol–water partition coefficient (Wildman–Crippen LogP) is -0.369. The third-order valence-electron chi connectivity index (χ3n) is 1.48. The van der Waals surface area contributed by atoms with Crippen LogP contribution in [0.3, 0.4) is 0 Å². The van der Waals surface area contributed by atoms with Crippen molar-refractivity contribution in [2.45, 2.75) is 23.6 Å². The number of nitrogens with two attached hydrogens (primary N) is 1. The van der Waals surface area contributed by atoms with Crippen molar-refractivity contribution < 1.29 is 4.92 Å². The molecular formula is C4H8BrN3O2. The SMILES string of the molecule is NC1NC([N+](=O)[O-])CC1Br. The van der Waals surface area contributed by atoms with Crippen LogP contribution >= 0.6 is 15.9 Å². The smallest absolute Gasteiger partial charge is 0.268 e. The molecule has 5 nitrogen and oxygen atoms in total. The van der Waals surface area contributed by atoms with Crippen LogP contribution in [0, 0.1) is 10.1 Å². The molecule has 0 amide bonds. The van der Waals surface area contributed by atoms with E-state index in [4.69, 9.17) is 5.73 Å².